The van der Waals surface area contributed by atoms with E-state index >= 15 is 0 Å². The van der Waals surface area contributed by atoms with E-state index < -0.39 is 22.3 Å². The first kappa shape index (κ1) is 45.6. The van der Waals surface area contributed by atoms with Gasteiger partial charge >= 0.3 is 220 Å². The van der Waals surface area contributed by atoms with Crippen molar-refractivity contribution in [3.8, 4) is 0 Å². The molecule has 0 saturated heterocycles. The van der Waals surface area contributed by atoms with Crippen molar-refractivity contribution in [2.24, 2.45) is 41.4 Å². The zero-order chi connectivity index (χ0) is 36.7. The van der Waals surface area contributed by atoms with Crippen LogP contribution in [0.3, 0.4) is 0 Å². The van der Waals surface area contributed by atoms with Crippen LogP contribution in [-0.4, -0.2) is 75.6 Å². The molecule has 0 unspecified atom stereocenters. The first-order chi connectivity index (χ1) is 19.4. The third-order valence-corrected chi connectivity index (χ3v) is 16.0. The predicted octanol–water partition coefficient (Wildman–Crippen LogP) is 10.3. The Labute approximate surface area is 287 Å². The molecule has 0 fully saturated rings. The Bertz CT molecular complexity index is 879. The molecule has 0 aromatic carbocycles. The molecule has 0 rings (SSSR count). The summed E-state index contributed by atoms with van der Waals surface area (Å²) in [6.07, 6.45) is 0. The van der Waals surface area contributed by atoms with Crippen molar-refractivity contribution >= 4 is 22.3 Å². The summed E-state index contributed by atoms with van der Waals surface area (Å²) in [6, 6.07) is 0. The fourth-order valence-corrected chi connectivity index (χ4v) is 11.7. The van der Waals surface area contributed by atoms with E-state index in [0.717, 1.165) is 0 Å². The summed E-state index contributed by atoms with van der Waals surface area (Å²) in [7, 11) is 0. The predicted molar refractivity (Wildman–Crippen MR) is 192 cm³/mol. The van der Waals surface area contributed by atoms with Crippen LogP contribution in [0.4, 0.5) is 0 Å². The molecule has 0 amide bonds. The van der Waals surface area contributed by atoms with Crippen LogP contribution >= 0.6 is 0 Å². The van der Waals surface area contributed by atoms with Crippen LogP contribution < -0.4 is 5.43 Å². The third kappa shape index (κ3) is 23.4. The van der Waals surface area contributed by atoms with Gasteiger partial charge in [0.25, 0.3) is 0 Å². The standard InChI is InChI=1S/C8H19N3.3C8H18N3.In/c4*1-7(2,3)9-11-10-8(4,5)6;/h1-6H3,(H,9,10);3*1-6H3;/q;3*-1;+3. The maximum absolute atomic E-state index is 4.89. The molecule has 0 atom stereocenters. The molecular weight excluding hydrogens is 667 g/mol. The first-order valence-electron chi connectivity index (χ1n) is 16.2. The van der Waals surface area contributed by atoms with Crippen molar-refractivity contribution in [3.63, 3.8) is 0 Å². The van der Waals surface area contributed by atoms with Crippen LogP contribution in [0.5, 0.6) is 0 Å². The minimum absolute atomic E-state index is 0.00868. The van der Waals surface area contributed by atoms with Crippen molar-refractivity contribution in [2.45, 2.75) is 210 Å². The van der Waals surface area contributed by atoms with Crippen LogP contribution in [0.2, 0.25) is 0 Å². The molecular formula is C32H73InN12. The van der Waals surface area contributed by atoms with Crippen LogP contribution in [0.15, 0.2) is 41.4 Å². The summed E-state index contributed by atoms with van der Waals surface area (Å²) in [6.45, 7) is 50.2. The molecule has 0 aromatic heterocycles. The van der Waals surface area contributed by atoms with E-state index in [4.69, 9.17) is 31.0 Å². The molecule has 1 N–H and O–H groups in total. The SMILES string of the molecule is CC(C)(C)N=NNC(C)(C)C.CC(C)(C)N=N[N]([In]([N](N=NC(C)(C)C)C(C)(C)C)[N](N=NC(C)(C)C)C(C)(C)C)C(C)(C)C. The van der Waals surface area contributed by atoms with Gasteiger partial charge in [-0.25, -0.2) is 0 Å². The normalized spacial score (nSPS) is 14.8. The van der Waals surface area contributed by atoms with Crippen LogP contribution in [0.25, 0.3) is 0 Å². The quantitative estimate of drug-likeness (QED) is 0.206. The minimum atomic E-state index is -3.51. The molecule has 13 heteroatoms. The Morgan fingerprint density at radius 2 is 0.578 bits per heavy atom. The van der Waals surface area contributed by atoms with Crippen molar-refractivity contribution in [2.75, 3.05) is 0 Å². The summed E-state index contributed by atoms with van der Waals surface area (Å²) in [4.78, 5) is 0. The Hall–Kier alpha value is -1.53. The Morgan fingerprint density at radius 1 is 0.356 bits per heavy atom. The van der Waals surface area contributed by atoms with Crippen molar-refractivity contribution in [3.05, 3.63) is 0 Å². The summed E-state index contributed by atoms with van der Waals surface area (Å²) >= 11 is -3.51. The van der Waals surface area contributed by atoms with E-state index in [1.807, 2.05) is 20.8 Å². The van der Waals surface area contributed by atoms with E-state index in [9.17, 15) is 0 Å². The van der Waals surface area contributed by atoms with Crippen LogP contribution in [-0.2, 0) is 0 Å². The molecule has 0 aromatic rings. The second-order valence-corrected chi connectivity index (χ2v) is 25.9. The van der Waals surface area contributed by atoms with Gasteiger partial charge in [-0.15, -0.1) is 0 Å². The fraction of sp³-hybridized carbons (Fsp3) is 1.00. The zero-order valence-electron chi connectivity index (χ0n) is 34.0. The topological polar surface area (TPSA) is 121 Å². The van der Waals surface area contributed by atoms with E-state index in [-0.39, 0.29) is 44.3 Å². The summed E-state index contributed by atoms with van der Waals surface area (Å²) in [5.74, 6) is 0. The van der Waals surface area contributed by atoms with Gasteiger partial charge in [-0.05, 0) is 41.5 Å². The van der Waals surface area contributed by atoms with Crippen LogP contribution in [0.1, 0.15) is 166 Å². The average Bonchev–Trinajstić information content (AvgIpc) is 2.66. The third-order valence-electron chi connectivity index (χ3n) is 4.78. The first-order valence-corrected chi connectivity index (χ1v) is 20.6. The number of rotatable bonds is 7. The maximum atomic E-state index is 4.89. The van der Waals surface area contributed by atoms with E-state index in [0.29, 0.717) is 0 Å². The zero-order valence-corrected chi connectivity index (χ0v) is 37.3. The van der Waals surface area contributed by atoms with E-state index in [2.05, 4.69) is 170 Å². The van der Waals surface area contributed by atoms with Gasteiger partial charge in [0.05, 0.1) is 5.54 Å². The molecule has 0 aliphatic carbocycles. The number of nitrogens with one attached hydrogen (secondary N) is 1. The molecule has 264 valence electrons. The average molecular weight is 741 g/mol. The molecule has 0 aliphatic heterocycles. The van der Waals surface area contributed by atoms with Gasteiger partial charge in [-0.2, -0.15) is 5.11 Å². The second-order valence-electron chi connectivity index (χ2n) is 19.7. The van der Waals surface area contributed by atoms with E-state index in [1.165, 1.54) is 0 Å². The molecule has 0 bridgehead atoms. The molecule has 12 nitrogen and oxygen atoms in total. The van der Waals surface area contributed by atoms with Gasteiger partial charge in [0.1, 0.15) is 0 Å². The van der Waals surface area contributed by atoms with Gasteiger partial charge in [-0.1, -0.05) is 5.22 Å². The summed E-state index contributed by atoms with van der Waals surface area (Å²) in [5, 5.41) is 36.7. The monoisotopic (exact) mass is 741 g/mol. The second kappa shape index (κ2) is 16.0. The van der Waals surface area contributed by atoms with Gasteiger partial charge in [0.2, 0.25) is 0 Å². The fourth-order valence-electron chi connectivity index (χ4n) is 2.76. The van der Waals surface area contributed by atoms with Crippen molar-refractivity contribution in [1.82, 2.24) is 14.4 Å². The van der Waals surface area contributed by atoms with Gasteiger partial charge < -0.3 is 0 Å². The molecule has 0 heterocycles. The molecule has 0 aliphatic rings. The molecule has 0 spiro atoms. The molecule has 0 saturated carbocycles. The van der Waals surface area contributed by atoms with E-state index in [1.54, 1.807) is 0 Å². The summed E-state index contributed by atoms with van der Waals surface area (Å²) < 4.78 is 6.54. The Balaban J connectivity index is 0. The van der Waals surface area contributed by atoms with Crippen LogP contribution in [0, 0.1) is 0 Å². The van der Waals surface area contributed by atoms with Gasteiger partial charge in [0.15, 0.2) is 0 Å². The Morgan fingerprint density at radius 3 is 0.733 bits per heavy atom. The van der Waals surface area contributed by atoms with Gasteiger partial charge in [-0.3, -0.25) is 5.43 Å². The molecule has 0 radical (unpaired) electrons. The summed E-state index contributed by atoms with van der Waals surface area (Å²) in [5.41, 5.74) is 1.01. The van der Waals surface area contributed by atoms with Gasteiger partial charge in [0, 0.05) is 5.54 Å². The van der Waals surface area contributed by atoms with Crippen molar-refractivity contribution in [1.29, 1.82) is 0 Å². The van der Waals surface area contributed by atoms with Crippen molar-refractivity contribution < 1.29 is 0 Å². The number of hydrogen-bond acceptors (Lipinski definition) is 8. The molecule has 45 heavy (non-hydrogen) atoms. The Kier molecular flexibility index (Phi) is 16.3. The number of hydrogen-bond donors (Lipinski definition) is 1. The number of nitrogens with zero attached hydrogens (tertiary/aromatic N) is 11.